The highest BCUT2D eigenvalue weighted by molar-refractivity contribution is 4.92. The third kappa shape index (κ3) is 4.23. The van der Waals surface area contributed by atoms with Gasteiger partial charge < -0.3 is 5.32 Å². The number of hydrogen-bond donors (Lipinski definition) is 1. The molecule has 0 heterocycles. The van der Waals surface area contributed by atoms with Gasteiger partial charge in [0.25, 0.3) is 0 Å². The molecule has 2 aliphatic carbocycles. The topological polar surface area (TPSA) is 12.0 Å². The Balaban J connectivity index is 1.90. The van der Waals surface area contributed by atoms with Crippen molar-refractivity contribution >= 4 is 0 Å². The fourth-order valence-electron chi connectivity index (χ4n) is 5.05. The molecule has 2 aliphatic rings. The van der Waals surface area contributed by atoms with Crippen molar-refractivity contribution in [2.24, 2.45) is 23.7 Å². The van der Waals surface area contributed by atoms with Crippen molar-refractivity contribution in [1.82, 2.24) is 5.32 Å². The van der Waals surface area contributed by atoms with Crippen LogP contribution in [-0.2, 0) is 0 Å². The summed E-state index contributed by atoms with van der Waals surface area (Å²) in [7, 11) is 0. The molecule has 0 saturated heterocycles. The van der Waals surface area contributed by atoms with Crippen LogP contribution in [0.15, 0.2) is 0 Å². The third-order valence-corrected chi connectivity index (χ3v) is 5.99. The van der Waals surface area contributed by atoms with Crippen LogP contribution in [0, 0.1) is 23.7 Å². The van der Waals surface area contributed by atoms with E-state index < -0.39 is 0 Å². The molecule has 4 atom stereocenters. The lowest BCUT2D eigenvalue weighted by Gasteiger charge is -2.33. The Bertz CT molecular complexity index is 256. The van der Waals surface area contributed by atoms with Gasteiger partial charge in [0, 0.05) is 6.04 Å². The zero-order chi connectivity index (χ0) is 14.4. The molecule has 0 spiro atoms. The van der Waals surface area contributed by atoms with Crippen molar-refractivity contribution in [1.29, 1.82) is 0 Å². The Labute approximate surface area is 127 Å². The van der Waals surface area contributed by atoms with Crippen LogP contribution < -0.4 is 5.32 Å². The summed E-state index contributed by atoms with van der Waals surface area (Å²) in [5.41, 5.74) is 0. The molecule has 4 unspecified atom stereocenters. The van der Waals surface area contributed by atoms with Gasteiger partial charge in [-0.2, -0.15) is 0 Å². The minimum Gasteiger partial charge on any atom is -0.314 e. The highest BCUT2D eigenvalue weighted by Crippen LogP contribution is 2.50. The first-order chi connectivity index (χ1) is 9.78. The summed E-state index contributed by atoms with van der Waals surface area (Å²) in [6.45, 7) is 8.24. The second kappa shape index (κ2) is 8.41. The van der Waals surface area contributed by atoms with Gasteiger partial charge in [0.2, 0.25) is 0 Å². The first kappa shape index (κ1) is 16.3. The Morgan fingerprint density at radius 1 is 0.950 bits per heavy atom. The van der Waals surface area contributed by atoms with Crippen molar-refractivity contribution in [3.05, 3.63) is 0 Å². The van der Waals surface area contributed by atoms with E-state index in [1.165, 1.54) is 45.1 Å². The van der Waals surface area contributed by atoms with Crippen LogP contribution in [0.3, 0.4) is 0 Å². The molecular formula is C19H37N. The monoisotopic (exact) mass is 279 g/mol. The van der Waals surface area contributed by atoms with Crippen molar-refractivity contribution in [3.8, 4) is 0 Å². The highest BCUT2D eigenvalue weighted by Gasteiger charge is 2.40. The summed E-state index contributed by atoms with van der Waals surface area (Å²) in [5, 5.41) is 3.93. The summed E-state index contributed by atoms with van der Waals surface area (Å²) < 4.78 is 0. The Kier molecular flexibility index (Phi) is 6.87. The van der Waals surface area contributed by atoms with Crippen molar-refractivity contribution in [2.75, 3.05) is 6.54 Å². The van der Waals surface area contributed by atoms with Crippen LogP contribution in [0.2, 0.25) is 0 Å². The van der Waals surface area contributed by atoms with E-state index in [9.17, 15) is 0 Å². The van der Waals surface area contributed by atoms with E-state index in [4.69, 9.17) is 0 Å². The van der Waals surface area contributed by atoms with Gasteiger partial charge in [0.15, 0.2) is 0 Å². The van der Waals surface area contributed by atoms with Gasteiger partial charge >= 0.3 is 0 Å². The van der Waals surface area contributed by atoms with Gasteiger partial charge in [-0.15, -0.1) is 0 Å². The molecule has 0 aromatic carbocycles. The molecule has 2 bridgehead atoms. The molecule has 1 N–H and O–H groups in total. The molecule has 1 heteroatoms. The first-order valence-electron chi connectivity index (χ1n) is 9.51. The zero-order valence-corrected chi connectivity index (χ0v) is 14.2. The van der Waals surface area contributed by atoms with E-state index in [0.29, 0.717) is 0 Å². The molecule has 0 aliphatic heterocycles. The lowest BCUT2D eigenvalue weighted by atomic mass is 9.79. The predicted octanol–water partition coefficient (Wildman–Crippen LogP) is 5.40. The zero-order valence-electron chi connectivity index (χ0n) is 14.2. The van der Waals surface area contributed by atoms with Crippen molar-refractivity contribution < 1.29 is 0 Å². The molecule has 0 aromatic rings. The SMILES string of the molecule is CCCNC(CC1CC2CCC1C2)C(CCC)CCC. The largest absolute Gasteiger partial charge is 0.314 e. The molecule has 2 saturated carbocycles. The Hall–Kier alpha value is -0.0400. The maximum absolute atomic E-state index is 3.93. The minimum absolute atomic E-state index is 0.805. The summed E-state index contributed by atoms with van der Waals surface area (Å²) in [5.74, 6) is 4.18. The van der Waals surface area contributed by atoms with Crippen LogP contribution in [-0.4, -0.2) is 12.6 Å². The maximum Gasteiger partial charge on any atom is 0.00980 e. The number of rotatable bonds is 10. The third-order valence-electron chi connectivity index (χ3n) is 5.99. The quantitative estimate of drug-likeness (QED) is 0.565. The lowest BCUT2D eigenvalue weighted by Crippen LogP contribution is -2.39. The van der Waals surface area contributed by atoms with Gasteiger partial charge in [-0.25, -0.2) is 0 Å². The van der Waals surface area contributed by atoms with Gasteiger partial charge in [-0.1, -0.05) is 40.0 Å². The van der Waals surface area contributed by atoms with Gasteiger partial charge in [-0.05, 0) is 75.2 Å². The van der Waals surface area contributed by atoms with E-state index in [1.807, 2.05) is 0 Å². The normalized spacial score (nSPS) is 30.3. The fourth-order valence-corrected chi connectivity index (χ4v) is 5.05. The smallest absolute Gasteiger partial charge is 0.00980 e. The Morgan fingerprint density at radius 2 is 1.70 bits per heavy atom. The van der Waals surface area contributed by atoms with Crippen molar-refractivity contribution in [3.63, 3.8) is 0 Å². The van der Waals surface area contributed by atoms with E-state index in [0.717, 1.165) is 29.7 Å². The second-order valence-corrected chi connectivity index (χ2v) is 7.57. The summed E-state index contributed by atoms with van der Waals surface area (Å²) >= 11 is 0. The molecular weight excluding hydrogens is 242 g/mol. The molecule has 2 fully saturated rings. The number of nitrogens with one attached hydrogen (secondary N) is 1. The standard InChI is InChI=1S/C19H37N/c1-4-7-16(8-5-2)19(20-11-6-3)14-18-13-15-9-10-17(18)12-15/h15-20H,4-14H2,1-3H3. The maximum atomic E-state index is 3.93. The molecule has 2 rings (SSSR count). The first-order valence-corrected chi connectivity index (χ1v) is 9.51. The minimum atomic E-state index is 0.805. The van der Waals surface area contributed by atoms with Gasteiger partial charge in [0.1, 0.15) is 0 Å². The second-order valence-electron chi connectivity index (χ2n) is 7.57. The Morgan fingerprint density at radius 3 is 2.20 bits per heavy atom. The van der Waals surface area contributed by atoms with E-state index in [-0.39, 0.29) is 0 Å². The molecule has 0 radical (unpaired) electrons. The average molecular weight is 280 g/mol. The molecule has 1 nitrogen and oxygen atoms in total. The van der Waals surface area contributed by atoms with Gasteiger partial charge in [-0.3, -0.25) is 0 Å². The van der Waals surface area contributed by atoms with Crippen molar-refractivity contribution in [2.45, 2.75) is 91.0 Å². The number of fused-ring (bicyclic) bond motifs is 2. The highest BCUT2D eigenvalue weighted by atomic mass is 14.9. The summed E-state index contributed by atoms with van der Waals surface area (Å²) in [6, 6.07) is 0.805. The van der Waals surface area contributed by atoms with Crippen LogP contribution >= 0.6 is 0 Å². The van der Waals surface area contributed by atoms with E-state index >= 15 is 0 Å². The average Bonchev–Trinajstić information content (AvgIpc) is 3.05. The summed E-state index contributed by atoms with van der Waals surface area (Å²) in [6.07, 6.45) is 14.5. The van der Waals surface area contributed by atoms with Crippen LogP contribution in [0.25, 0.3) is 0 Å². The van der Waals surface area contributed by atoms with Gasteiger partial charge in [0.05, 0.1) is 0 Å². The summed E-state index contributed by atoms with van der Waals surface area (Å²) in [4.78, 5) is 0. The molecule has 118 valence electrons. The predicted molar refractivity (Wildman–Crippen MR) is 88.9 cm³/mol. The molecule has 0 aromatic heterocycles. The molecule has 0 amide bonds. The van der Waals surface area contributed by atoms with Crippen LogP contribution in [0.5, 0.6) is 0 Å². The van der Waals surface area contributed by atoms with Crippen LogP contribution in [0.4, 0.5) is 0 Å². The number of hydrogen-bond acceptors (Lipinski definition) is 1. The van der Waals surface area contributed by atoms with Crippen LogP contribution in [0.1, 0.15) is 85.0 Å². The van der Waals surface area contributed by atoms with E-state index in [1.54, 1.807) is 25.7 Å². The molecule has 20 heavy (non-hydrogen) atoms. The fraction of sp³-hybridized carbons (Fsp3) is 1.00. The van der Waals surface area contributed by atoms with E-state index in [2.05, 4.69) is 26.1 Å². The lowest BCUT2D eigenvalue weighted by molar-refractivity contribution is 0.220.